The summed E-state index contributed by atoms with van der Waals surface area (Å²) in [6, 6.07) is 5.19. The highest BCUT2D eigenvalue weighted by Gasteiger charge is 2.21. The summed E-state index contributed by atoms with van der Waals surface area (Å²) in [5.74, 6) is 1.20. The normalized spacial score (nSPS) is 15.9. The van der Waals surface area contributed by atoms with Crippen LogP contribution in [0.3, 0.4) is 0 Å². The quantitative estimate of drug-likeness (QED) is 0.858. The summed E-state index contributed by atoms with van der Waals surface area (Å²) in [7, 11) is 1.57. The zero-order valence-corrected chi connectivity index (χ0v) is 15.1. The van der Waals surface area contributed by atoms with Crippen molar-refractivity contribution in [3.8, 4) is 5.75 Å². The molecule has 2 aromatic rings. The lowest BCUT2D eigenvalue weighted by Crippen LogP contribution is -2.39. The molecule has 0 atom stereocenters. The van der Waals surface area contributed by atoms with E-state index in [0.717, 1.165) is 32.5 Å². The molecule has 1 amide bonds. The second-order valence-electron chi connectivity index (χ2n) is 6.37. The largest absolute Gasteiger partial charge is 0.495 e. The molecule has 1 fully saturated rings. The summed E-state index contributed by atoms with van der Waals surface area (Å²) in [5.41, 5.74) is 0.606. The van der Waals surface area contributed by atoms with E-state index in [9.17, 15) is 4.79 Å². The van der Waals surface area contributed by atoms with Crippen molar-refractivity contribution in [3.63, 3.8) is 0 Å². The minimum Gasteiger partial charge on any atom is -0.495 e. The van der Waals surface area contributed by atoms with Gasteiger partial charge in [-0.15, -0.1) is 0 Å². The first-order valence-electron chi connectivity index (χ1n) is 8.45. The van der Waals surface area contributed by atoms with Gasteiger partial charge in [-0.3, -0.25) is 9.69 Å². The summed E-state index contributed by atoms with van der Waals surface area (Å²) in [4.78, 5) is 18.6. The Bertz CT molecular complexity index is 697. The summed E-state index contributed by atoms with van der Waals surface area (Å²) < 4.78 is 7.38. The highest BCUT2D eigenvalue weighted by atomic mass is 35.5. The second kappa shape index (κ2) is 8.36. The van der Waals surface area contributed by atoms with E-state index in [1.165, 1.54) is 0 Å². The Morgan fingerprint density at radius 2 is 2.20 bits per heavy atom. The van der Waals surface area contributed by atoms with Crippen LogP contribution in [0.4, 0.5) is 5.69 Å². The van der Waals surface area contributed by atoms with Crippen molar-refractivity contribution in [1.82, 2.24) is 14.5 Å². The molecule has 0 aliphatic carbocycles. The minimum atomic E-state index is -0.0476. The maximum atomic E-state index is 12.3. The zero-order valence-electron chi connectivity index (χ0n) is 14.3. The Kier molecular flexibility index (Phi) is 5.94. The van der Waals surface area contributed by atoms with Crippen LogP contribution in [0.1, 0.15) is 12.8 Å². The SMILES string of the molecule is COc1ccc(Cl)cc1NC(=O)CN1CCC(Cn2ccnc2)CC1. The Balaban J connectivity index is 1.47. The fourth-order valence-corrected chi connectivity index (χ4v) is 3.36. The Hall–Kier alpha value is -2.05. The number of halogens is 1. The molecule has 0 radical (unpaired) electrons. The number of likely N-dealkylation sites (tertiary alicyclic amines) is 1. The lowest BCUT2D eigenvalue weighted by Gasteiger charge is -2.31. The molecule has 134 valence electrons. The summed E-state index contributed by atoms with van der Waals surface area (Å²) >= 11 is 6.00. The number of carbonyl (C=O) groups excluding carboxylic acids is 1. The van der Waals surface area contributed by atoms with Crippen LogP contribution in [-0.2, 0) is 11.3 Å². The summed E-state index contributed by atoms with van der Waals surface area (Å²) in [6.45, 7) is 3.24. The average molecular weight is 363 g/mol. The number of piperidine rings is 1. The Labute approximate surface area is 152 Å². The van der Waals surface area contributed by atoms with Crippen molar-refractivity contribution in [2.24, 2.45) is 5.92 Å². The summed E-state index contributed by atoms with van der Waals surface area (Å²) in [6.07, 6.45) is 7.85. The van der Waals surface area contributed by atoms with Crippen LogP contribution < -0.4 is 10.1 Å². The van der Waals surface area contributed by atoms with E-state index in [2.05, 4.69) is 19.8 Å². The van der Waals surface area contributed by atoms with E-state index in [1.54, 1.807) is 25.3 Å². The highest BCUT2D eigenvalue weighted by molar-refractivity contribution is 6.31. The average Bonchev–Trinajstić information content (AvgIpc) is 3.10. The lowest BCUT2D eigenvalue weighted by atomic mass is 9.97. The molecule has 0 spiro atoms. The van der Waals surface area contributed by atoms with E-state index in [0.29, 0.717) is 28.9 Å². The van der Waals surface area contributed by atoms with Crippen LogP contribution >= 0.6 is 11.6 Å². The van der Waals surface area contributed by atoms with Crippen molar-refractivity contribution < 1.29 is 9.53 Å². The van der Waals surface area contributed by atoms with Gasteiger partial charge in [0.25, 0.3) is 0 Å². The number of nitrogens with zero attached hydrogens (tertiary/aromatic N) is 3. The van der Waals surface area contributed by atoms with Crippen LogP contribution in [0.25, 0.3) is 0 Å². The van der Waals surface area contributed by atoms with Crippen LogP contribution in [0.5, 0.6) is 5.75 Å². The van der Waals surface area contributed by atoms with Crippen LogP contribution in [-0.4, -0.2) is 47.1 Å². The van der Waals surface area contributed by atoms with Gasteiger partial charge in [0.15, 0.2) is 0 Å². The van der Waals surface area contributed by atoms with Crippen molar-refractivity contribution in [2.45, 2.75) is 19.4 Å². The molecule has 1 aromatic carbocycles. The Morgan fingerprint density at radius 1 is 1.40 bits per heavy atom. The maximum Gasteiger partial charge on any atom is 0.238 e. The monoisotopic (exact) mass is 362 g/mol. The molecule has 1 aromatic heterocycles. The molecule has 6 nitrogen and oxygen atoms in total. The predicted octanol–water partition coefficient (Wildman–Crippen LogP) is 2.90. The fraction of sp³-hybridized carbons (Fsp3) is 0.444. The van der Waals surface area contributed by atoms with E-state index >= 15 is 0 Å². The van der Waals surface area contributed by atoms with Gasteiger partial charge < -0.3 is 14.6 Å². The number of hydrogen-bond acceptors (Lipinski definition) is 4. The number of anilines is 1. The molecule has 1 aliphatic rings. The third kappa shape index (κ3) is 4.96. The summed E-state index contributed by atoms with van der Waals surface area (Å²) in [5, 5.41) is 3.46. The van der Waals surface area contributed by atoms with Gasteiger partial charge in [-0.05, 0) is 50.0 Å². The number of methoxy groups -OCH3 is 1. The number of nitrogens with one attached hydrogen (secondary N) is 1. The van der Waals surface area contributed by atoms with Crippen LogP contribution in [0.15, 0.2) is 36.9 Å². The van der Waals surface area contributed by atoms with Crippen molar-refractivity contribution >= 4 is 23.2 Å². The number of imidazole rings is 1. The van der Waals surface area contributed by atoms with Gasteiger partial charge >= 0.3 is 0 Å². The molecule has 3 rings (SSSR count). The number of rotatable bonds is 6. The van der Waals surface area contributed by atoms with Gasteiger partial charge in [0.1, 0.15) is 5.75 Å². The van der Waals surface area contributed by atoms with Crippen LogP contribution in [0.2, 0.25) is 5.02 Å². The molecule has 7 heteroatoms. The first-order valence-corrected chi connectivity index (χ1v) is 8.83. The molecule has 25 heavy (non-hydrogen) atoms. The first-order chi connectivity index (χ1) is 12.1. The lowest BCUT2D eigenvalue weighted by molar-refractivity contribution is -0.117. The van der Waals surface area contributed by atoms with Gasteiger partial charge in [-0.25, -0.2) is 4.98 Å². The number of benzene rings is 1. The smallest absolute Gasteiger partial charge is 0.238 e. The van der Waals surface area contributed by atoms with E-state index < -0.39 is 0 Å². The minimum absolute atomic E-state index is 0.0476. The third-order valence-electron chi connectivity index (χ3n) is 4.54. The standard InChI is InChI=1S/C18H23ClN4O2/c1-25-17-3-2-15(19)10-16(17)21-18(24)12-22-7-4-14(5-8-22)11-23-9-6-20-13-23/h2-3,6,9-10,13-14H,4-5,7-8,11-12H2,1H3,(H,21,24). The number of amides is 1. The van der Waals surface area contributed by atoms with Gasteiger partial charge in [0.05, 0.1) is 25.7 Å². The van der Waals surface area contributed by atoms with Gasteiger partial charge in [0, 0.05) is 24.0 Å². The van der Waals surface area contributed by atoms with Crippen LogP contribution in [0, 0.1) is 5.92 Å². The predicted molar refractivity (Wildman–Crippen MR) is 98.0 cm³/mol. The van der Waals surface area contributed by atoms with Gasteiger partial charge in [-0.1, -0.05) is 11.6 Å². The van der Waals surface area contributed by atoms with E-state index in [4.69, 9.17) is 16.3 Å². The number of carbonyl (C=O) groups is 1. The maximum absolute atomic E-state index is 12.3. The second-order valence-corrected chi connectivity index (χ2v) is 6.81. The van der Waals surface area contributed by atoms with Gasteiger partial charge in [0.2, 0.25) is 5.91 Å². The van der Waals surface area contributed by atoms with Crippen molar-refractivity contribution in [1.29, 1.82) is 0 Å². The Morgan fingerprint density at radius 3 is 2.88 bits per heavy atom. The van der Waals surface area contributed by atoms with E-state index in [1.807, 2.05) is 18.7 Å². The molecular formula is C18H23ClN4O2. The third-order valence-corrected chi connectivity index (χ3v) is 4.77. The molecule has 0 bridgehead atoms. The molecule has 2 heterocycles. The molecule has 0 saturated carbocycles. The molecule has 0 unspecified atom stereocenters. The highest BCUT2D eigenvalue weighted by Crippen LogP contribution is 2.27. The molecule has 1 aliphatic heterocycles. The molecule has 1 saturated heterocycles. The molecular weight excluding hydrogens is 340 g/mol. The van der Waals surface area contributed by atoms with Crippen molar-refractivity contribution in [2.75, 3.05) is 32.1 Å². The topological polar surface area (TPSA) is 59.4 Å². The van der Waals surface area contributed by atoms with Crippen molar-refractivity contribution in [3.05, 3.63) is 41.9 Å². The number of ether oxygens (including phenoxy) is 1. The van der Waals surface area contributed by atoms with Gasteiger partial charge in [-0.2, -0.15) is 0 Å². The van der Waals surface area contributed by atoms with E-state index in [-0.39, 0.29) is 5.91 Å². The molecule has 1 N–H and O–H groups in total. The first kappa shape index (κ1) is 17.8. The number of aromatic nitrogens is 2. The fourth-order valence-electron chi connectivity index (χ4n) is 3.19. The zero-order chi connectivity index (χ0) is 17.6. The number of hydrogen-bond donors (Lipinski definition) is 1.